The van der Waals surface area contributed by atoms with Crippen LogP contribution in [0.1, 0.15) is 16.6 Å². The average Bonchev–Trinajstić information content (AvgIpc) is 3.13. The van der Waals surface area contributed by atoms with Crippen LogP contribution < -0.4 is 5.32 Å². The van der Waals surface area contributed by atoms with Crippen LogP contribution in [0.4, 0.5) is 0 Å². The zero-order chi connectivity index (χ0) is 15.4. The molecule has 2 rings (SSSR count). The first kappa shape index (κ1) is 15.5. The van der Waals surface area contributed by atoms with E-state index >= 15 is 0 Å². The number of esters is 1. The summed E-state index contributed by atoms with van der Waals surface area (Å²) in [6.45, 7) is 2.71. The van der Waals surface area contributed by atoms with E-state index in [4.69, 9.17) is 4.74 Å². The number of nitrogens with one attached hydrogen (secondary N) is 1. The third-order valence-electron chi connectivity index (χ3n) is 3.61. The molecule has 1 aromatic heterocycles. The summed E-state index contributed by atoms with van der Waals surface area (Å²) in [5.41, 5.74) is 0. The molecular formula is C14H18N2O4S. The van der Waals surface area contributed by atoms with Gasteiger partial charge in [0.05, 0.1) is 24.4 Å². The van der Waals surface area contributed by atoms with Crippen molar-refractivity contribution < 1.29 is 19.1 Å². The van der Waals surface area contributed by atoms with Gasteiger partial charge in [-0.1, -0.05) is 13.0 Å². The van der Waals surface area contributed by atoms with Crippen molar-refractivity contribution in [1.82, 2.24) is 10.2 Å². The van der Waals surface area contributed by atoms with Gasteiger partial charge in [0.15, 0.2) is 0 Å². The van der Waals surface area contributed by atoms with Gasteiger partial charge in [-0.15, -0.1) is 11.3 Å². The van der Waals surface area contributed by atoms with Crippen molar-refractivity contribution in [2.24, 2.45) is 11.8 Å². The molecule has 2 unspecified atom stereocenters. The molecule has 1 aliphatic heterocycles. The van der Waals surface area contributed by atoms with Crippen LogP contribution in [0, 0.1) is 11.8 Å². The number of ether oxygens (including phenoxy) is 1. The zero-order valence-electron chi connectivity index (χ0n) is 12.0. The van der Waals surface area contributed by atoms with Crippen molar-refractivity contribution in [2.45, 2.75) is 6.92 Å². The number of likely N-dealkylation sites (tertiary alicyclic amines) is 1. The molecule has 0 bridgehead atoms. The highest BCUT2D eigenvalue weighted by atomic mass is 32.1. The summed E-state index contributed by atoms with van der Waals surface area (Å²) in [6, 6.07) is 3.49. The fourth-order valence-electron chi connectivity index (χ4n) is 2.39. The second-order valence-corrected chi connectivity index (χ2v) is 6.01. The summed E-state index contributed by atoms with van der Waals surface area (Å²) >= 11 is 1.32. The largest absolute Gasteiger partial charge is 0.469 e. The van der Waals surface area contributed by atoms with Crippen molar-refractivity contribution in [1.29, 1.82) is 0 Å². The van der Waals surface area contributed by atoms with Crippen LogP contribution in [0.25, 0.3) is 0 Å². The molecular weight excluding hydrogens is 292 g/mol. The molecule has 21 heavy (non-hydrogen) atoms. The van der Waals surface area contributed by atoms with E-state index in [2.05, 4.69) is 5.32 Å². The Bertz CT molecular complexity index is 529. The van der Waals surface area contributed by atoms with Crippen molar-refractivity contribution >= 4 is 29.1 Å². The van der Waals surface area contributed by atoms with E-state index < -0.39 is 0 Å². The molecule has 0 aliphatic carbocycles. The number of thiophene rings is 1. The quantitative estimate of drug-likeness (QED) is 0.833. The minimum atomic E-state index is -0.291. The molecule has 0 saturated carbocycles. The fraction of sp³-hybridized carbons (Fsp3) is 0.500. The topological polar surface area (TPSA) is 75.7 Å². The Hall–Kier alpha value is -1.89. The molecule has 1 N–H and O–H groups in total. The smallest absolute Gasteiger partial charge is 0.310 e. The molecule has 7 heteroatoms. The van der Waals surface area contributed by atoms with E-state index in [0.717, 1.165) is 0 Å². The van der Waals surface area contributed by atoms with Crippen molar-refractivity contribution in [3.8, 4) is 0 Å². The van der Waals surface area contributed by atoms with Gasteiger partial charge in [-0.3, -0.25) is 14.4 Å². The Balaban J connectivity index is 1.84. The minimum Gasteiger partial charge on any atom is -0.469 e. The Morgan fingerprint density at radius 2 is 2.19 bits per heavy atom. The van der Waals surface area contributed by atoms with E-state index in [1.165, 1.54) is 18.4 Å². The number of amides is 2. The minimum absolute atomic E-state index is 0.0582. The summed E-state index contributed by atoms with van der Waals surface area (Å²) < 4.78 is 4.73. The van der Waals surface area contributed by atoms with Gasteiger partial charge < -0.3 is 15.0 Å². The number of nitrogens with zero attached hydrogens (tertiary/aromatic N) is 1. The number of carbonyl (C=O) groups is 3. The molecule has 0 spiro atoms. The highest BCUT2D eigenvalue weighted by Gasteiger charge is 2.37. The first-order valence-corrected chi connectivity index (χ1v) is 7.58. The van der Waals surface area contributed by atoms with Gasteiger partial charge >= 0.3 is 5.97 Å². The molecule has 2 atom stereocenters. The van der Waals surface area contributed by atoms with Gasteiger partial charge in [0.25, 0.3) is 5.91 Å². The monoisotopic (exact) mass is 310 g/mol. The maximum atomic E-state index is 12.1. The van der Waals surface area contributed by atoms with Crippen LogP contribution in [0.2, 0.25) is 0 Å². The van der Waals surface area contributed by atoms with Crippen molar-refractivity contribution in [3.63, 3.8) is 0 Å². The normalized spacial score (nSPS) is 21.1. The van der Waals surface area contributed by atoms with Crippen molar-refractivity contribution in [2.75, 3.05) is 26.7 Å². The number of methoxy groups -OCH3 is 1. The zero-order valence-corrected chi connectivity index (χ0v) is 12.8. The van der Waals surface area contributed by atoms with E-state index in [9.17, 15) is 14.4 Å². The maximum Gasteiger partial charge on any atom is 0.310 e. The van der Waals surface area contributed by atoms with Crippen LogP contribution in [0.15, 0.2) is 17.5 Å². The summed E-state index contributed by atoms with van der Waals surface area (Å²) in [6.07, 6.45) is 0. The molecule has 1 fully saturated rings. The highest BCUT2D eigenvalue weighted by Crippen LogP contribution is 2.23. The van der Waals surface area contributed by atoms with Crippen molar-refractivity contribution in [3.05, 3.63) is 22.4 Å². The van der Waals surface area contributed by atoms with Crippen LogP contribution in [-0.4, -0.2) is 49.4 Å². The van der Waals surface area contributed by atoms with E-state index in [-0.39, 0.29) is 36.2 Å². The molecule has 1 aromatic rings. The van der Waals surface area contributed by atoms with Gasteiger partial charge in [-0.05, 0) is 17.4 Å². The lowest BCUT2D eigenvalue weighted by molar-refractivity contribution is -0.146. The van der Waals surface area contributed by atoms with Crippen LogP contribution in [-0.2, 0) is 14.3 Å². The third kappa shape index (κ3) is 3.60. The lowest BCUT2D eigenvalue weighted by atomic mass is 9.99. The Kier molecular flexibility index (Phi) is 4.95. The van der Waals surface area contributed by atoms with Gasteiger partial charge in [-0.2, -0.15) is 0 Å². The predicted octanol–water partition coefficient (Wildman–Crippen LogP) is 0.745. The maximum absolute atomic E-state index is 12.1. The summed E-state index contributed by atoms with van der Waals surface area (Å²) in [4.78, 5) is 37.6. The molecule has 6 nitrogen and oxygen atoms in total. The third-order valence-corrected chi connectivity index (χ3v) is 4.48. The van der Waals surface area contributed by atoms with Gasteiger partial charge in [0.2, 0.25) is 5.91 Å². The van der Waals surface area contributed by atoms with E-state index in [1.807, 2.05) is 6.92 Å². The lowest BCUT2D eigenvalue weighted by Gasteiger charge is -2.16. The number of hydrogen-bond acceptors (Lipinski definition) is 5. The lowest BCUT2D eigenvalue weighted by Crippen LogP contribution is -2.39. The molecule has 114 valence electrons. The van der Waals surface area contributed by atoms with Crippen LogP contribution in [0.3, 0.4) is 0 Å². The summed E-state index contributed by atoms with van der Waals surface area (Å²) in [5.74, 6) is -0.949. The Labute approximate surface area is 127 Å². The van der Waals surface area contributed by atoms with Crippen LogP contribution >= 0.6 is 11.3 Å². The predicted molar refractivity (Wildman–Crippen MR) is 77.9 cm³/mol. The summed E-state index contributed by atoms with van der Waals surface area (Å²) in [5, 5.41) is 4.40. The second-order valence-electron chi connectivity index (χ2n) is 5.07. The molecule has 2 amide bonds. The summed E-state index contributed by atoms with van der Waals surface area (Å²) in [7, 11) is 1.35. The molecule has 1 saturated heterocycles. The first-order valence-electron chi connectivity index (χ1n) is 6.70. The molecule has 2 heterocycles. The van der Waals surface area contributed by atoms with E-state index in [1.54, 1.807) is 22.4 Å². The molecule has 0 aromatic carbocycles. The average molecular weight is 310 g/mol. The Morgan fingerprint density at radius 3 is 2.81 bits per heavy atom. The SMILES string of the molecule is COC(=O)C1CN(C(=O)CNC(=O)c2cccs2)CC1C. The van der Waals surface area contributed by atoms with Gasteiger partial charge in [0, 0.05) is 13.1 Å². The molecule has 1 aliphatic rings. The fourth-order valence-corrected chi connectivity index (χ4v) is 3.03. The number of carbonyl (C=O) groups excluding carboxylic acids is 3. The van der Waals surface area contributed by atoms with Gasteiger partial charge in [0.1, 0.15) is 0 Å². The highest BCUT2D eigenvalue weighted by molar-refractivity contribution is 7.12. The number of rotatable bonds is 4. The first-order chi connectivity index (χ1) is 10.0. The number of hydrogen-bond donors (Lipinski definition) is 1. The van der Waals surface area contributed by atoms with Gasteiger partial charge in [-0.25, -0.2) is 0 Å². The van der Waals surface area contributed by atoms with Crippen LogP contribution in [0.5, 0.6) is 0 Å². The molecule has 0 radical (unpaired) electrons. The Morgan fingerprint density at radius 1 is 1.43 bits per heavy atom. The van der Waals surface area contributed by atoms with E-state index in [0.29, 0.717) is 18.0 Å². The standard InChI is InChI=1S/C14H18N2O4S/c1-9-7-16(8-10(9)14(19)20-2)12(17)6-15-13(18)11-4-3-5-21-11/h3-5,9-10H,6-8H2,1-2H3,(H,15,18). The second kappa shape index (κ2) is 6.71.